The highest BCUT2D eigenvalue weighted by atomic mass is 32.2. The van der Waals surface area contributed by atoms with E-state index in [0.717, 1.165) is 25.7 Å². The minimum Gasteiger partial charge on any atom is -0.271 e. The second kappa shape index (κ2) is 6.49. The van der Waals surface area contributed by atoms with E-state index in [4.69, 9.17) is 5.84 Å². The molecule has 6 heteroatoms. The number of nitrogens with one attached hydrogen (secondary N) is 1. The molecule has 0 saturated carbocycles. The third-order valence-electron chi connectivity index (χ3n) is 3.26. The Morgan fingerprint density at radius 1 is 1.65 bits per heavy atom. The number of sulfonamides is 1. The molecule has 0 bridgehead atoms. The summed E-state index contributed by atoms with van der Waals surface area (Å²) in [6.07, 6.45) is 6.82. The minimum atomic E-state index is -3.05. The standard InChI is InChI=1S/C11H23N3O2S/c1-3-5-11(13-12)8-10-6-4-7-14(9-10)17(2,15)16/h3,10-11,13H,1,4-9,12H2,2H3. The molecular formula is C11H23N3O2S. The van der Waals surface area contributed by atoms with Gasteiger partial charge in [-0.15, -0.1) is 6.58 Å². The molecule has 2 unspecified atom stereocenters. The zero-order valence-corrected chi connectivity index (χ0v) is 11.2. The van der Waals surface area contributed by atoms with Gasteiger partial charge < -0.3 is 0 Å². The monoisotopic (exact) mass is 261 g/mol. The van der Waals surface area contributed by atoms with Crippen LogP contribution < -0.4 is 11.3 Å². The van der Waals surface area contributed by atoms with Gasteiger partial charge in [0.05, 0.1) is 6.26 Å². The molecule has 0 amide bonds. The van der Waals surface area contributed by atoms with Crippen molar-refractivity contribution in [3.05, 3.63) is 12.7 Å². The van der Waals surface area contributed by atoms with E-state index in [2.05, 4.69) is 12.0 Å². The Labute approximate surface area is 104 Å². The number of piperidine rings is 1. The number of hydrogen-bond acceptors (Lipinski definition) is 4. The second-order valence-electron chi connectivity index (χ2n) is 4.75. The van der Waals surface area contributed by atoms with Crippen molar-refractivity contribution in [2.24, 2.45) is 11.8 Å². The lowest BCUT2D eigenvalue weighted by Gasteiger charge is -2.32. The number of nitrogens with zero attached hydrogens (tertiary/aromatic N) is 1. The molecule has 0 aromatic carbocycles. The van der Waals surface area contributed by atoms with E-state index in [1.54, 1.807) is 4.31 Å². The van der Waals surface area contributed by atoms with Gasteiger partial charge in [0, 0.05) is 19.1 Å². The van der Waals surface area contributed by atoms with Gasteiger partial charge in [0.2, 0.25) is 10.0 Å². The molecule has 0 spiro atoms. The average Bonchev–Trinajstić information content (AvgIpc) is 2.28. The SMILES string of the molecule is C=CCC(CC1CCCN(S(C)(=O)=O)C1)NN. The molecule has 0 aliphatic carbocycles. The fourth-order valence-electron chi connectivity index (χ4n) is 2.36. The summed E-state index contributed by atoms with van der Waals surface area (Å²) < 4.78 is 24.5. The van der Waals surface area contributed by atoms with Crippen molar-refractivity contribution in [2.45, 2.75) is 31.7 Å². The van der Waals surface area contributed by atoms with E-state index in [9.17, 15) is 8.42 Å². The summed E-state index contributed by atoms with van der Waals surface area (Å²) in [6.45, 7) is 4.96. The summed E-state index contributed by atoms with van der Waals surface area (Å²) in [6, 6.07) is 0.192. The maximum Gasteiger partial charge on any atom is 0.211 e. The molecule has 1 aliphatic rings. The van der Waals surface area contributed by atoms with Gasteiger partial charge in [-0.05, 0) is 31.6 Å². The van der Waals surface area contributed by atoms with Crippen LogP contribution in [0.2, 0.25) is 0 Å². The van der Waals surface area contributed by atoms with Crippen molar-refractivity contribution in [3.63, 3.8) is 0 Å². The topological polar surface area (TPSA) is 75.4 Å². The van der Waals surface area contributed by atoms with Crippen LogP contribution in [0.5, 0.6) is 0 Å². The summed E-state index contributed by atoms with van der Waals surface area (Å²) in [7, 11) is -3.05. The molecule has 100 valence electrons. The molecule has 1 aliphatic heterocycles. The molecule has 1 rings (SSSR count). The Morgan fingerprint density at radius 2 is 2.35 bits per heavy atom. The first-order valence-corrected chi connectivity index (χ1v) is 7.84. The smallest absolute Gasteiger partial charge is 0.211 e. The number of hydrogen-bond donors (Lipinski definition) is 2. The van der Waals surface area contributed by atoms with Crippen molar-refractivity contribution in [1.29, 1.82) is 0 Å². The van der Waals surface area contributed by atoms with Crippen LogP contribution in [0.3, 0.4) is 0 Å². The number of rotatable bonds is 6. The normalized spacial score (nSPS) is 24.5. The van der Waals surface area contributed by atoms with Gasteiger partial charge in [-0.2, -0.15) is 0 Å². The quantitative estimate of drug-likeness (QED) is 0.414. The summed E-state index contributed by atoms with van der Waals surface area (Å²) in [5.74, 6) is 5.86. The average molecular weight is 261 g/mol. The third kappa shape index (κ3) is 4.75. The van der Waals surface area contributed by atoms with Gasteiger partial charge in [-0.1, -0.05) is 6.08 Å². The van der Waals surface area contributed by atoms with Crippen molar-refractivity contribution >= 4 is 10.0 Å². The second-order valence-corrected chi connectivity index (χ2v) is 6.74. The fraction of sp³-hybridized carbons (Fsp3) is 0.818. The van der Waals surface area contributed by atoms with Gasteiger partial charge in [0.15, 0.2) is 0 Å². The highest BCUT2D eigenvalue weighted by Crippen LogP contribution is 2.23. The van der Waals surface area contributed by atoms with Crippen LogP contribution in [0.25, 0.3) is 0 Å². The molecule has 17 heavy (non-hydrogen) atoms. The Bertz CT molecular complexity index is 343. The predicted octanol–water partition coefficient (Wildman–Crippen LogP) is 0.456. The molecule has 0 radical (unpaired) electrons. The van der Waals surface area contributed by atoms with Crippen LogP contribution in [0.15, 0.2) is 12.7 Å². The third-order valence-corrected chi connectivity index (χ3v) is 4.53. The van der Waals surface area contributed by atoms with Crippen molar-refractivity contribution in [3.8, 4) is 0 Å². The van der Waals surface area contributed by atoms with Crippen molar-refractivity contribution in [2.75, 3.05) is 19.3 Å². The molecule has 0 aromatic rings. The molecule has 3 N–H and O–H groups in total. The van der Waals surface area contributed by atoms with Gasteiger partial charge in [0.25, 0.3) is 0 Å². The zero-order chi connectivity index (χ0) is 12.9. The van der Waals surface area contributed by atoms with Crippen molar-refractivity contribution in [1.82, 2.24) is 9.73 Å². The Morgan fingerprint density at radius 3 is 2.88 bits per heavy atom. The largest absolute Gasteiger partial charge is 0.271 e. The number of hydrazine groups is 1. The van der Waals surface area contributed by atoms with Crippen LogP contribution in [-0.4, -0.2) is 38.1 Å². The lowest BCUT2D eigenvalue weighted by molar-refractivity contribution is 0.238. The molecule has 5 nitrogen and oxygen atoms in total. The van der Waals surface area contributed by atoms with Gasteiger partial charge in [-0.25, -0.2) is 12.7 Å². The predicted molar refractivity (Wildman–Crippen MR) is 69.7 cm³/mol. The lowest BCUT2D eigenvalue weighted by atomic mass is 9.91. The van der Waals surface area contributed by atoms with Crippen LogP contribution in [-0.2, 0) is 10.0 Å². The van der Waals surface area contributed by atoms with E-state index < -0.39 is 10.0 Å². The first kappa shape index (κ1) is 14.6. The maximum atomic E-state index is 11.5. The minimum absolute atomic E-state index is 0.192. The Hall–Kier alpha value is -0.430. The van der Waals surface area contributed by atoms with E-state index in [-0.39, 0.29) is 6.04 Å². The summed E-state index contributed by atoms with van der Waals surface area (Å²) >= 11 is 0. The summed E-state index contributed by atoms with van der Waals surface area (Å²) in [5, 5.41) is 0. The van der Waals surface area contributed by atoms with Crippen molar-refractivity contribution < 1.29 is 8.42 Å². The summed E-state index contributed by atoms with van der Waals surface area (Å²) in [5.41, 5.74) is 2.76. The Balaban J connectivity index is 2.52. The molecule has 1 fully saturated rings. The van der Waals surface area contributed by atoms with E-state index in [0.29, 0.717) is 19.0 Å². The maximum absolute atomic E-state index is 11.5. The van der Waals surface area contributed by atoms with Gasteiger partial charge >= 0.3 is 0 Å². The van der Waals surface area contributed by atoms with Crippen LogP contribution in [0.1, 0.15) is 25.7 Å². The van der Waals surface area contributed by atoms with Crippen LogP contribution >= 0.6 is 0 Å². The highest BCUT2D eigenvalue weighted by molar-refractivity contribution is 7.88. The highest BCUT2D eigenvalue weighted by Gasteiger charge is 2.27. The molecule has 1 saturated heterocycles. The van der Waals surface area contributed by atoms with Crippen LogP contribution in [0.4, 0.5) is 0 Å². The molecule has 1 heterocycles. The van der Waals surface area contributed by atoms with E-state index >= 15 is 0 Å². The van der Waals surface area contributed by atoms with E-state index in [1.807, 2.05) is 6.08 Å². The van der Waals surface area contributed by atoms with Crippen LogP contribution in [0, 0.1) is 5.92 Å². The zero-order valence-electron chi connectivity index (χ0n) is 10.4. The Kier molecular flexibility index (Phi) is 5.58. The number of nitrogens with two attached hydrogens (primary N) is 1. The molecule has 0 aromatic heterocycles. The van der Waals surface area contributed by atoms with Gasteiger partial charge in [0.1, 0.15) is 0 Å². The first-order valence-electron chi connectivity index (χ1n) is 5.99. The molecular weight excluding hydrogens is 238 g/mol. The van der Waals surface area contributed by atoms with E-state index in [1.165, 1.54) is 6.26 Å². The lowest BCUT2D eigenvalue weighted by Crippen LogP contribution is -2.43. The summed E-state index contributed by atoms with van der Waals surface area (Å²) in [4.78, 5) is 0. The first-order chi connectivity index (χ1) is 7.97. The van der Waals surface area contributed by atoms with Gasteiger partial charge in [-0.3, -0.25) is 11.3 Å². The molecule has 2 atom stereocenters. The fourth-order valence-corrected chi connectivity index (χ4v) is 3.30.